The minimum absolute atomic E-state index is 0.554. The van der Waals surface area contributed by atoms with E-state index < -0.39 is 0 Å². The van der Waals surface area contributed by atoms with E-state index in [0.29, 0.717) is 5.71 Å². The molecular formula is C17H21N3. The molecule has 0 aliphatic rings. The number of nitrogens with one attached hydrogen (secondary N) is 1. The SMILES string of the molecule is CN(C)c1cccc(C(=N)c2ccccc2)c1N(C)C. The number of anilines is 2. The lowest BCUT2D eigenvalue weighted by Crippen LogP contribution is -2.20. The number of nitrogens with zero attached hydrogens (tertiary/aromatic N) is 2. The first-order valence-corrected chi connectivity index (χ1v) is 6.64. The second-order valence-corrected chi connectivity index (χ2v) is 5.20. The van der Waals surface area contributed by atoms with E-state index in [9.17, 15) is 0 Å². The van der Waals surface area contributed by atoms with Crippen LogP contribution in [-0.2, 0) is 0 Å². The maximum atomic E-state index is 8.50. The molecule has 0 aliphatic heterocycles. The fourth-order valence-electron chi connectivity index (χ4n) is 2.32. The van der Waals surface area contributed by atoms with Gasteiger partial charge in [0.2, 0.25) is 0 Å². The van der Waals surface area contributed by atoms with E-state index in [1.807, 2.05) is 70.7 Å². The third-order valence-electron chi connectivity index (χ3n) is 3.28. The van der Waals surface area contributed by atoms with Crippen molar-refractivity contribution in [1.29, 1.82) is 5.41 Å². The van der Waals surface area contributed by atoms with Gasteiger partial charge in [-0.05, 0) is 6.07 Å². The number of hydrogen-bond acceptors (Lipinski definition) is 3. The molecule has 0 heterocycles. The van der Waals surface area contributed by atoms with Gasteiger partial charge in [0.1, 0.15) is 0 Å². The minimum atomic E-state index is 0.554. The Hall–Kier alpha value is -2.29. The predicted molar refractivity (Wildman–Crippen MR) is 87.5 cm³/mol. The van der Waals surface area contributed by atoms with Crippen molar-refractivity contribution in [2.24, 2.45) is 0 Å². The van der Waals surface area contributed by atoms with Crippen LogP contribution in [0.5, 0.6) is 0 Å². The maximum absolute atomic E-state index is 8.50. The van der Waals surface area contributed by atoms with Gasteiger partial charge in [-0.3, -0.25) is 5.41 Å². The molecule has 0 spiro atoms. The molecule has 2 rings (SSSR count). The van der Waals surface area contributed by atoms with Gasteiger partial charge >= 0.3 is 0 Å². The van der Waals surface area contributed by atoms with Crippen molar-refractivity contribution >= 4 is 17.1 Å². The van der Waals surface area contributed by atoms with Crippen molar-refractivity contribution in [1.82, 2.24) is 0 Å². The van der Waals surface area contributed by atoms with Crippen molar-refractivity contribution in [3.05, 3.63) is 59.7 Å². The second-order valence-electron chi connectivity index (χ2n) is 5.20. The molecule has 104 valence electrons. The van der Waals surface area contributed by atoms with Crippen LogP contribution in [0.15, 0.2) is 48.5 Å². The van der Waals surface area contributed by atoms with Crippen LogP contribution < -0.4 is 9.80 Å². The molecule has 3 heteroatoms. The standard InChI is InChI=1S/C17H21N3/c1-19(2)15-12-8-11-14(17(15)20(3)4)16(18)13-9-6-5-7-10-13/h5-12,18H,1-4H3. The summed E-state index contributed by atoms with van der Waals surface area (Å²) in [5, 5.41) is 8.50. The van der Waals surface area contributed by atoms with Gasteiger partial charge in [-0.25, -0.2) is 0 Å². The Bertz CT molecular complexity index is 601. The molecule has 0 unspecified atom stereocenters. The molecule has 0 fully saturated rings. The molecule has 2 aromatic rings. The van der Waals surface area contributed by atoms with Gasteiger partial charge in [0.05, 0.1) is 17.1 Å². The van der Waals surface area contributed by atoms with Crippen molar-refractivity contribution < 1.29 is 0 Å². The van der Waals surface area contributed by atoms with E-state index in [-0.39, 0.29) is 0 Å². The second kappa shape index (κ2) is 5.78. The van der Waals surface area contributed by atoms with Gasteiger partial charge in [-0.2, -0.15) is 0 Å². The Morgan fingerprint density at radius 1 is 0.800 bits per heavy atom. The summed E-state index contributed by atoms with van der Waals surface area (Å²) in [7, 11) is 8.09. The lowest BCUT2D eigenvalue weighted by molar-refractivity contribution is 1.07. The lowest BCUT2D eigenvalue weighted by Gasteiger charge is -2.25. The van der Waals surface area contributed by atoms with Gasteiger partial charge < -0.3 is 9.80 Å². The van der Waals surface area contributed by atoms with Crippen molar-refractivity contribution in [3.8, 4) is 0 Å². The Labute approximate surface area is 121 Å². The van der Waals surface area contributed by atoms with Crippen molar-refractivity contribution in [3.63, 3.8) is 0 Å². The molecule has 0 bridgehead atoms. The van der Waals surface area contributed by atoms with Gasteiger partial charge in [-0.1, -0.05) is 42.5 Å². The first-order chi connectivity index (χ1) is 9.52. The zero-order valence-electron chi connectivity index (χ0n) is 12.5. The average Bonchev–Trinajstić information content (AvgIpc) is 2.46. The highest BCUT2D eigenvalue weighted by Gasteiger charge is 2.16. The van der Waals surface area contributed by atoms with Crippen LogP contribution in [0.3, 0.4) is 0 Å². The van der Waals surface area contributed by atoms with E-state index in [0.717, 1.165) is 22.5 Å². The smallest absolute Gasteiger partial charge is 0.0706 e. The predicted octanol–water partition coefficient (Wildman–Crippen LogP) is 3.23. The van der Waals surface area contributed by atoms with Gasteiger partial charge in [0.15, 0.2) is 0 Å². The van der Waals surface area contributed by atoms with E-state index >= 15 is 0 Å². The summed E-state index contributed by atoms with van der Waals surface area (Å²) in [4.78, 5) is 4.15. The number of para-hydroxylation sites is 1. The average molecular weight is 267 g/mol. The van der Waals surface area contributed by atoms with E-state index in [1.165, 1.54) is 0 Å². The zero-order chi connectivity index (χ0) is 14.7. The fourth-order valence-corrected chi connectivity index (χ4v) is 2.32. The van der Waals surface area contributed by atoms with E-state index in [1.54, 1.807) is 0 Å². The quantitative estimate of drug-likeness (QED) is 0.862. The molecule has 20 heavy (non-hydrogen) atoms. The van der Waals surface area contributed by atoms with Crippen LogP contribution in [0, 0.1) is 5.41 Å². The van der Waals surface area contributed by atoms with Gasteiger partial charge in [0, 0.05) is 39.3 Å². The summed E-state index contributed by atoms with van der Waals surface area (Å²) in [6.07, 6.45) is 0. The molecule has 2 aromatic carbocycles. The summed E-state index contributed by atoms with van der Waals surface area (Å²) in [5.74, 6) is 0. The molecule has 0 aliphatic carbocycles. The van der Waals surface area contributed by atoms with Crippen LogP contribution in [0.1, 0.15) is 11.1 Å². The fraction of sp³-hybridized carbons (Fsp3) is 0.235. The van der Waals surface area contributed by atoms with Crippen molar-refractivity contribution in [2.45, 2.75) is 0 Å². The third-order valence-corrected chi connectivity index (χ3v) is 3.28. The topological polar surface area (TPSA) is 30.3 Å². The van der Waals surface area contributed by atoms with Gasteiger partial charge in [0.25, 0.3) is 0 Å². The summed E-state index contributed by atoms with van der Waals surface area (Å²) >= 11 is 0. The van der Waals surface area contributed by atoms with E-state index in [2.05, 4.69) is 15.9 Å². The molecule has 0 saturated heterocycles. The van der Waals surface area contributed by atoms with Crippen molar-refractivity contribution in [2.75, 3.05) is 38.0 Å². The first kappa shape index (κ1) is 14.1. The normalized spacial score (nSPS) is 10.2. The number of benzene rings is 2. The summed E-state index contributed by atoms with van der Waals surface area (Å²) < 4.78 is 0. The Balaban J connectivity index is 2.57. The van der Waals surface area contributed by atoms with Crippen LogP contribution in [0.25, 0.3) is 0 Å². The molecule has 0 radical (unpaired) electrons. The summed E-state index contributed by atoms with van der Waals surface area (Å²) in [5.41, 5.74) is 4.64. The lowest BCUT2D eigenvalue weighted by atomic mass is 9.99. The molecular weight excluding hydrogens is 246 g/mol. The van der Waals surface area contributed by atoms with Crippen LogP contribution in [-0.4, -0.2) is 33.9 Å². The Morgan fingerprint density at radius 3 is 2.00 bits per heavy atom. The summed E-state index contributed by atoms with van der Waals surface area (Å²) in [6.45, 7) is 0. The first-order valence-electron chi connectivity index (χ1n) is 6.64. The van der Waals surface area contributed by atoms with Crippen LogP contribution >= 0.6 is 0 Å². The summed E-state index contributed by atoms with van der Waals surface area (Å²) in [6, 6.07) is 16.0. The third kappa shape index (κ3) is 2.67. The van der Waals surface area contributed by atoms with Gasteiger partial charge in [-0.15, -0.1) is 0 Å². The largest absolute Gasteiger partial charge is 0.376 e. The van der Waals surface area contributed by atoms with Crippen LogP contribution in [0.4, 0.5) is 11.4 Å². The number of hydrogen-bond donors (Lipinski definition) is 1. The molecule has 3 nitrogen and oxygen atoms in total. The van der Waals surface area contributed by atoms with Crippen LogP contribution in [0.2, 0.25) is 0 Å². The highest BCUT2D eigenvalue weighted by atomic mass is 15.1. The highest BCUT2D eigenvalue weighted by Crippen LogP contribution is 2.32. The Kier molecular flexibility index (Phi) is 4.08. The molecule has 1 N–H and O–H groups in total. The minimum Gasteiger partial charge on any atom is -0.376 e. The molecule has 0 amide bonds. The van der Waals surface area contributed by atoms with E-state index in [4.69, 9.17) is 5.41 Å². The molecule has 0 aromatic heterocycles. The maximum Gasteiger partial charge on any atom is 0.0706 e. The molecule has 0 saturated carbocycles. The number of rotatable bonds is 4. The molecule has 0 atom stereocenters. The zero-order valence-corrected chi connectivity index (χ0v) is 12.5. The Morgan fingerprint density at radius 2 is 1.45 bits per heavy atom. The monoisotopic (exact) mass is 267 g/mol. The highest BCUT2D eigenvalue weighted by molar-refractivity contribution is 6.15.